The molecule has 1 fully saturated rings. The molecule has 0 radical (unpaired) electrons. The molecule has 8 heteroatoms. The number of sulfonamides is 1. The molecule has 3 rings (SSSR count). The van der Waals surface area contributed by atoms with Crippen LogP contribution >= 0.6 is 11.6 Å². The average Bonchev–Trinajstić information content (AvgIpc) is 3.06. The van der Waals surface area contributed by atoms with E-state index in [4.69, 9.17) is 16.0 Å². The van der Waals surface area contributed by atoms with Crippen LogP contribution in [0.15, 0.2) is 39.6 Å². The van der Waals surface area contributed by atoms with Crippen molar-refractivity contribution in [2.75, 3.05) is 20.1 Å². The minimum absolute atomic E-state index is 0.0173. The van der Waals surface area contributed by atoms with Crippen LogP contribution in [0.2, 0.25) is 5.02 Å². The van der Waals surface area contributed by atoms with E-state index < -0.39 is 10.0 Å². The number of piperidine rings is 1. The SMILES string of the molecule is Cc1ccc(CN(C)C(=O)c2ccc(Cl)c(S(=O)(=O)N3CCCC(C)C3)c2)o1. The Labute approximate surface area is 171 Å². The number of amides is 1. The van der Waals surface area contributed by atoms with E-state index in [1.54, 1.807) is 13.1 Å². The van der Waals surface area contributed by atoms with Crippen LogP contribution in [0.25, 0.3) is 0 Å². The molecule has 152 valence electrons. The molecule has 1 amide bonds. The largest absolute Gasteiger partial charge is 0.464 e. The summed E-state index contributed by atoms with van der Waals surface area (Å²) in [5, 5.41) is 0.124. The lowest BCUT2D eigenvalue weighted by atomic mass is 10.0. The van der Waals surface area contributed by atoms with Gasteiger partial charge in [-0.25, -0.2) is 8.42 Å². The summed E-state index contributed by atoms with van der Waals surface area (Å²) < 4.78 is 33.2. The molecule has 1 unspecified atom stereocenters. The number of carbonyl (C=O) groups is 1. The highest BCUT2D eigenvalue weighted by molar-refractivity contribution is 7.89. The van der Waals surface area contributed by atoms with Crippen molar-refractivity contribution in [1.82, 2.24) is 9.21 Å². The minimum Gasteiger partial charge on any atom is -0.464 e. The third kappa shape index (κ3) is 4.42. The fraction of sp³-hybridized carbons (Fsp3) is 0.450. The fourth-order valence-corrected chi connectivity index (χ4v) is 5.53. The van der Waals surface area contributed by atoms with Crippen molar-refractivity contribution in [3.8, 4) is 0 Å². The zero-order valence-electron chi connectivity index (χ0n) is 16.3. The molecule has 2 aromatic rings. The van der Waals surface area contributed by atoms with E-state index in [1.165, 1.54) is 21.3 Å². The van der Waals surface area contributed by atoms with E-state index in [0.717, 1.165) is 18.6 Å². The summed E-state index contributed by atoms with van der Waals surface area (Å²) in [4.78, 5) is 14.3. The van der Waals surface area contributed by atoms with Gasteiger partial charge in [-0.15, -0.1) is 0 Å². The molecule has 0 saturated carbocycles. The zero-order chi connectivity index (χ0) is 20.5. The van der Waals surface area contributed by atoms with Crippen molar-refractivity contribution < 1.29 is 17.6 Å². The van der Waals surface area contributed by atoms with E-state index >= 15 is 0 Å². The van der Waals surface area contributed by atoms with Gasteiger partial charge in [0.2, 0.25) is 10.0 Å². The molecule has 2 heterocycles. The maximum Gasteiger partial charge on any atom is 0.254 e. The van der Waals surface area contributed by atoms with Crippen molar-refractivity contribution in [3.05, 3.63) is 52.4 Å². The Balaban J connectivity index is 1.85. The van der Waals surface area contributed by atoms with Gasteiger partial charge >= 0.3 is 0 Å². The lowest BCUT2D eigenvalue weighted by molar-refractivity contribution is 0.0774. The summed E-state index contributed by atoms with van der Waals surface area (Å²) >= 11 is 6.21. The quantitative estimate of drug-likeness (QED) is 0.728. The summed E-state index contributed by atoms with van der Waals surface area (Å²) in [6, 6.07) is 8.05. The number of rotatable bonds is 5. The number of nitrogens with zero attached hydrogens (tertiary/aromatic N) is 2. The highest BCUT2D eigenvalue weighted by atomic mass is 35.5. The molecule has 1 saturated heterocycles. The Morgan fingerprint density at radius 1 is 1.32 bits per heavy atom. The van der Waals surface area contributed by atoms with Crippen molar-refractivity contribution >= 4 is 27.5 Å². The van der Waals surface area contributed by atoms with Crippen LogP contribution in [0.5, 0.6) is 0 Å². The molecule has 0 spiro atoms. The third-order valence-electron chi connectivity index (χ3n) is 4.95. The average molecular weight is 425 g/mol. The lowest BCUT2D eigenvalue weighted by Gasteiger charge is -2.30. The van der Waals surface area contributed by atoms with Gasteiger partial charge in [0.05, 0.1) is 11.6 Å². The smallest absolute Gasteiger partial charge is 0.254 e. The molecule has 0 N–H and O–H groups in total. The summed E-state index contributed by atoms with van der Waals surface area (Å²) in [5.41, 5.74) is 0.277. The van der Waals surface area contributed by atoms with E-state index in [1.807, 2.05) is 26.0 Å². The predicted molar refractivity (Wildman–Crippen MR) is 108 cm³/mol. The van der Waals surface area contributed by atoms with Gasteiger partial charge in [-0.1, -0.05) is 18.5 Å². The third-order valence-corrected chi connectivity index (χ3v) is 7.30. The van der Waals surface area contributed by atoms with Gasteiger partial charge in [0.1, 0.15) is 16.4 Å². The summed E-state index contributed by atoms with van der Waals surface area (Å²) in [6.45, 7) is 5.10. The maximum atomic E-state index is 13.1. The molecule has 0 aliphatic carbocycles. The van der Waals surface area contributed by atoms with Crippen LogP contribution in [0, 0.1) is 12.8 Å². The van der Waals surface area contributed by atoms with E-state index in [9.17, 15) is 13.2 Å². The van der Waals surface area contributed by atoms with Gasteiger partial charge in [-0.3, -0.25) is 4.79 Å². The fourth-order valence-electron chi connectivity index (χ4n) is 3.43. The van der Waals surface area contributed by atoms with Gasteiger partial charge in [0.25, 0.3) is 5.91 Å². The van der Waals surface area contributed by atoms with E-state index in [0.29, 0.717) is 31.3 Å². The molecule has 1 aromatic carbocycles. The van der Waals surface area contributed by atoms with Crippen molar-refractivity contribution in [2.24, 2.45) is 5.92 Å². The Bertz CT molecular complexity index is 970. The minimum atomic E-state index is -3.75. The lowest BCUT2D eigenvalue weighted by Crippen LogP contribution is -2.39. The normalized spacial score (nSPS) is 18.2. The standard InChI is InChI=1S/C20H25ClN2O4S/c1-14-5-4-10-23(12-14)28(25,26)19-11-16(7-9-18(19)21)20(24)22(3)13-17-8-6-15(2)27-17/h6-9,11,14H,4-5,10,12-13H2,1-3H3. The molecular formula is C20H25ClN2O4S. The number of carbonyl (C=O) groups excluding carboxylic acids is 1. The van der Waals surface area contributed by atoms with Crippen molar-refractivity contribution in [3.63, 3.8) is 0 Å². The molecule has 1 aliphatic heterocycles. The highest BCUT2D eigenvalue weighted by Gasteiger charge is 2.31. The first kappa shape index (κ1) is 20.9. The van der Waals surface area contributed by atoms with E-state index in [-0.39, 0.29) is 21.4 Å². The second-order valence-corrected chi connectivity index (χ2v) is 9.74. The van der Waals surface area contributed by atoms with Gasteiger partial charge in [0.15, 0.2) is 0 Å². The first-order valence-electron chi connectivity index (χ1n) is 9.29. The molecule has 28 heavy (non-hydrogen) atoms. The van der Waals surface area contributed by atoms with Crippen molar-refractivity contribution in [1.29, 1.82) is 0 Å². The molecule has 1 atom stereocenters. The zero-order valence-corrected chi connectivity index (χ0v) is 17.9. The monoisotopic (exact) mass is 424 g/mol. The van der Waals surface area contributed by atoms with Gasteiger partial charge in [0, 0.05) is 25.7 Å². The molecule has 6 nitrogen and oxygen atoms in total. The van der Waals surface area contributed by atoms with Crippen LogP contribution in [-0.4, -0.2) is 43.7 Å². The maximum absolute atomic E-state index is 13.1. The Kier molecular flexibility index (Phi) is 6.17. The number of halogens is 1. The van der Waals surface area contributed by atoms with E-state index in [2.05, 4.69) is 0 Å². The Morgan fingerprint density at radius 3 is 2.71 bits per heavy atom. The predicted octanol–water partition coefficient (Wildman–Crippen LogP) is 3.93. The van der Waals surface area contributed by atoms with Crippen LogP contribution in [0.3, 0.4) is 0 Å². The second-order valence-electron chi connectivity index (χ2n) is 7.43. The number of hydrogen-bond acceptors (Lipinski definition) is 4. The number of furan rings is 1. The van der Waals surface area contributed by atoms with Crippen LogP contribution in [0.4, 0.5) is 0 Å². The van der Waals surface area contributed by atoms with Crippen LogP contribution < -0.4 is 0 Å². The summed E-state index contributed by atoms with van der Waals surface area (Å²) in [5.74, 6) is 1.44. The van der Waals surface area contributed by atoms with Gasteiger partial charge in [-0.2, -0.15) is 4.31 Å². The summed E-state index contributed by atoms with van der Waals surface area (Å²) in [7, 11) is -2.10. The first-order chi connectivity index (χ1) is 13.2. The molecular weight excluding hydrogens is 400 g/mol. The number of benzene rings is 1. The van der Waals surface area contributed by atoms with Crippen molar-refractivity contribution in [2.45, 2.75) is 38.1 Å². The molecule has 0 bridgehead atoms. The molecule has 1 aromatic heterocycles. The second kappa shape index (κ2) is 8.27. The molecule has 1 aliphatic rings. The van der Waals surface area contributed by atoms with Gasteiger partial charge < -0.3 is 9.32 Å². The van der Waals surface area contributed by atoms with Crippen LogP contribution in [0.1, 0.15) is 41.6 Å². The topological polar surface area (TPSA) is 70.8 Å². The van der Waals surface area contributed by atoms with Gasteiger partial charge in [-0.05, 0) is 56.0 Å². The first-order valence-corrected chi connectivity index (χ1v) is 11.1. The Morgan fingerprint density at radius 2 is 2.07 bits per heavy atom. The number of aryl methyl sites for hydroxylation is 1. The number of hydrogen-bond donors (Lipinski definition) is 0. The highest BCUT2D eigenvalue weighted by Crippen LogP contribution is 2.29. The summed E-state index contributed by atoms with van der Waals surface area (Å²) in [6.07, 6.45) is 1.83. The van der Waals surface area contributed by atoms with Crippen LogP contribution in [-0.2, 0) is 16.6 Å². The Hall–Kier alpha value is -1.83.